The second-order valence-electron chi connectivity index (χ2n) is 5.20. The molecule has 5 nitrogen and oxygen atoms in total. The van der Waals surface area contributed by atoms with Crippen LogP contribution in [0.4, 0.5) is 0 Å². The van der Waals surface area contributed by atoms with E-state index in [-0.39, 0.29) is 6.04 Å². The molecule has 116 valence electrons. The van der Waals surface area contributed by atoms with Gasteiger partial charge in [0.2, 0.25) is 0 Å². The van der Waals surface area contributed by atoms with Gasteiger partial charge in [-0.05, 0) is 38.7 Å². The van der Waals surface area contributed by atoms with E-state index in [2.05, 4.69) is 25.9 Å². The summed E-state index contributed by atoms with van der Waals surface area (Å²) in [5.74, 6) is 0. The second-order valence-corrected chi connectivity index (χ2v) is 5.20. The quantitative estimate of drug-likeness (QED) is 0.666. The molecule has 1 atom stereocenters. The lowest BCUT2D eigenvalue weighted by molar-refractivity contribution is 0.0958. The van der Waals surface area contributed by atoms with Gasteiger partial charge in [0, 0.05) is 32.1 Å². The summed E-state index contributed by atoms with van der Waals surface area (Å²) < 4.78 is 12.6. The van der Waals surface area contributed by atoms with Crippen LogP contribution >= 0.6 is 0 Å². The summed E-state index contributed by atoms with van der Waals surface area (Å²) in [6.45, 7) is 9.25. The summed E-state index contributed by atoms with van der Waals surface area (Å²) in [5, 5.41) is 4.59. The topological polar surface area (TPSA) is 62.3 Å². The number of aryl methyl sites for hydroxylation is 1. The van der Waals surface area contributed by atoms with Gasteiger partial charge in [-0.3, -0.25) is 4.68 Å². The highest BCUT2D eigenvalue weighted by atomic mass is 16.5. The summed E-state index contributed by atoms with van der Waals surface area (Å²) in [7, 11) is 1.71. The van der Waals surface area contributed by atoms with E-state index in [1.54, 1.807) is 7.11 Å². The van der Waals surface area contributed by atoms with Crippen LogP contribution in [0.15, 0.2) is 0 Å². The molecular weight excluding hydrogens is 254 g/mol. The molecule has 0 aliphatic rings. The molecule has 0 radical (unpaired) electrons. The van der Waals surface area contributed by atoms with Gasteiger partial charge in [-0.2, -0.15) is 5.10 Å². The molecule has 1 rings (SSSR count). The number of nitrogens with zero attached hydrogens (tertiary/aromatic N) is 2. The van der Waals surface area contributed by atoms with Crippen LogP contribution in [-0.4, -0.2) is 42.8 Å². The molecule has 0 aromatic carbocycles. The second kappa shape index (κ2) is 9.10. The van der Waals surface area contributed by atoms with Crippen LogP contribution in [0, 0.1) is 13.8 Å². The predicted octanol–water partition coefficient (Wildman–Crippen LogP) is 1.83. The monoisotopic (exact) mass is 283 g/mol. The third kappa shape index (κ3) is 5.23. The van der Waals surface area contributed by atoms with Crippen molar-refractivity contribution in [2.45, 2.75) is 52.6 Å². The van der Waals surface area contributed by atoms with Crippen molar-refractivity contribution in [1.29, 1.82) is 0 Å². The fourth-order valence-electron chi connectivity index (χ4n) is 2.21. The molecule has 5 heteroatoms. The maximum Gasteiger partial charge on any atom is 0.0662 e. The minimum absolute atomic E-state index is 0.218. The zero-order chi connectivity index (χ0) is 15.0. The number of methoxy groups -OCH3 is 1. The molecule has 0 aliphatic heterocycles. The molecule has 0 fully saturated rings. The molecule has 0 saturated heterocycles. The molecule has 0 aliphatic carbocycles. The van der Waals surface area contributed by atoms with Gasteiger partial charge in [0.1, 0.15) is 0 Å². The largest absolute Gasteiger partial charge is 0.385 e. The summed E-state index contributed by atoms with van der Waals surface area (Å²) in [6.07, 6.45) is 2.83. The molecule has 0 bridgehead atoms. The van der Waals surface area contributed by atoms with Gasteiger partial charge in [-0.25, -0.2) is 0 Å². The molecule has 1 heterocycles. The Labute approximate surface area is 122 Å². The van der Waals surface area contributed by atoms with E-state index in [0.29, 0.717) is 6.61 Å². The molecule has 0 spiro atoms. The van der Waals surface area contributed by atoms with Crippen molar-refractivity contribution in [3.8, 4) is 0 Å². The van der Waals surface area contributed by atoms with E-state index in [1.807, 2.05) is 4.68 Å². The van der Waals surface area contributed by atoms with E-state index in [4.69, 9.17) is 15.2 Å². The number of nitrogens with two attached hydrogens (primary N) is 1. The highest BCUT2D eigenvalue weighted by Crippen LogP contribution is 2.15. The van der Waals surface area contributed by atoms with E-state index in [9.17, 15) is 0 Å². The lowest BCUT2D eigenvalue weighted by Crippen LogP contribution is -2.22. The van der Waals surface area contributed by atoms with Gasteiger partial charge in [0.25, 0.3) is 0 Å². The van der Waals surface area contributed by atoms with Crippen LogP contribution in [0.5, 0.6) is 0 Å². The molecule has 1 aromatic heterocycles. The summed E-state index contributed by atoms with van der Waals surface area (Å²) in [5.41, 5.74) is 9.64. The Morgan fingerprint density at radius 2 is 2.00 bits per heavy atom. The fourth-order valence-corrected chi connectivity index (χ4v) is 2.21. The first-order valence-corrected chi connectivity index (χ1v) is 7.45. The lowest BCUT2D eigenvalue weighted by Gasteiger charge is -2.10. The van der Waals surface area contributed by atoms with Crippen molar-refractivity contribution >= 4 is 0 Å². The van der Waals surface area contributed by atoms with Gasteiger partial charge in [-0.15, -0.1) is 0 Å². The van der Waals surface area contributed by atoms with Crippen LogP contribution in [0.25, 0.3) is 0 Å². The van der Waals surface area contributed by atoms with Crippen LogP contribution in [0.2, 0.25) is 0 Å². The molecule has 2 N–H and O–H groups in total. The first kappa shape index (κ1) is 17.1. The lowest BCUT2D eigenvalue weighted by atomic mass is 10.0. The smallest absolute Gasteiger partial charge is 0.0662 e. The SMILES string of the molecule is CCC(N)Cc1c(C)nn(CCOCCCOC)c1C. The van der Waals surface area contributed by atoms with Gasteiger partial charge < -0.3 is 15.2 Å². The first-order valence-electron chi connectivity index (χ1n) is 7.45. The number of aromatic nitrogens is 2. The Bertz CT molecular complexity index is 391. The minimum atomic E-state index is 0.218. The van der Waals surface area contributed by atoms with Crippen LogP contribution in [0.1, 0.15) is 36.7 Å². The minimum Gasteiger partial charge on any atom is -0.385 e. The van der Waals surface area contributed by atoms with Gasteiger partial charge in [-0.1, -0.05) is 6.92 Å². The van der Waals surface area contributed by atoms with Gasteiger partial charge >= 0.3 is 0 Å². The van der Waals surface area contributed by atoms with Crippen molar-refractivity contribution in [3.05, 3.63) is 17.0 Å². The Hall–Kier alpha value is -0.910. The van der Waals surface area contributed by atoms with E-state index in [1.165, 1.54) is 11.3 Å². The van der Waals surface area contributed by atoms with Crippen LogP contribution < -0.4 is 5.73 Å². The summed E-state index contributed by atoms with van der Waals surface area (Å²) >= 11 is 0. The van der Waals surface area contributed by atoms with Gasteiger partial charge in [0.15, 0.2) is 0 Å². The summed E-state index contributed by atoms with van der Waals surface area (Å²) in [6, 6.07) is 0.218. The molecule has 0 amide bonds. The first-order chi connectivity index (χ1) is 9.60. The molecule has 1 aromatic rings. The average Bonchev–Trinajstić information content (AvgIpc) is 2.70. The van der Waals surface area contributed by atoms with Crippen molar-refractivity contribution < 1.29 is 9.47 Å². The third-order valence-corrected chi connectivity index (χ3v) is 3.61. The number of ether oxygens (including phenoxy) is 2. The highest BCUT2D eigenvalue weighted by Gasteiger charge is 2.13. The zero-order valence-corrected chi connectivity index (χ0v) is 13.3. The molecular formula is C15H29N3O2. The predicted molar refractivity (Wildman–Crippen MR) is 81.0 cm³/mol. The van der Waals surface area contributed by atoms with Crippen molar-refractivity contribution in [2.24, 2.45) is 5.73 Å². The standard InChI is InChI=1S/C15H29N3O2/c1-5-14(16)11-15-12(2)17-18(13(15)3)7-10-20-9-6-8-19-4/h14H,5-11,16H2,1-4H3. The van der Waals surface area contributed by atoms with E-state index < -0.39 is 0 Å². The third-order valence-electron chi connectivity index (χ3n) is 3.61. The zero-order valence-electron chi connectivity index (χ0n) is 13.3. The Kier molecular flexibility index (Phi) is 7.80. The van der Waals surface area contributed by atoms with E-state index >= 15 is 0 Å². The Morgan fingerprint density at radius 1 is 1.25 bits per heavy atom. The van der Waals surface area contributed by atoms with Crippen LogP contribution in [0.3, 0.4) is 0 Å². The fraction of sp³-hybridized carbons (Fsp3) is 0.800. The molecule has 1 unspecified atom stereocenters. The number of hydrogen-bond acceptors (Lipinski definition) is 4. The maximum absolute atomic E-state index is 6.05. The maximum atomic E-state index is 6.05. The Morgan fingerprint density at radius 3 is 2.65 bits per heavy atom. The van der Waals surface area contributed by atoms with Crippen molar-refractivity contribution in [3.63, 3.8) is 0 Å². The van der Waals surface area contributed by atoms with E-state index in [0.717, 1.165) is 44.7 Å². The molecule has 0 saturated carbocycles. The Balaban J connectivity index is 2.45. The number of rotatable bonds is 10. The highest BCUT2D eigenvalue weighted by molar-refractivity contribution is 5.25. The van der Waals surface area contributed by atoms with Crippen molar-refractivity contribution in [2.75, 3.05) is 26.9 Å². The van der Waals surface area contributed by atoms with Crippen molar-refractivity contribution in [1.82, 2.24) is 9.78 Å². The van der Waals surface area contributed by atoms with Gasteiger partial charge in [0.05, 0.1) is 18.8 Å². The average molecular weight is 283 g/mol. The molecule has 20 heavy (non-hydrogen) atoms. The van der Waals surface area contributed by atoms with Crippen LogP contribution in [-0.2, 0) is 22.4 Å². The normalized spacial score (nSPS) is 12.8. The number of hydrogen-bond donors (Lipinski definition) is 1. The summed E-state index contributed by atoms with van der Waals surface area (Å²) in [4.78, 5) is 0.